The van der Waals surface area contributed by atoms with Crippen LogP contribution in [-0.4, -0.2) is 40.1 Å². The average molecular weight is 396 g/mol. The second-order valence-corrected chi connectivity index (χ2v) is 8.60. The zero-order valence-electron chi connectivity index (χ0n) is 16.9. The summed E-state index contributed by atoms with van der Waals surface area (Å²) in [5.41, 5.74) is 1.77. The van der Waals surface area contributed by atoms with E-state index in [4.69, 9.17) is 4.52 Å². The number of carboxylic acids is 1. The van der Waals surface area contributed by atoms with E-state index in [1.807, 2.05) is 37.3 Å². The van der Waals surface area contributed by atoms with Gasteiger partial charge < -0.3 is 14.5 Å². The Hall–Kier alpha value is -2.63. The van der Waals surface area contributed by atoms with Gasteiger partial charge in [0.05, 0.1) is 5.41 Å². The highest BCUT2D eigenvalue weighted by molar-refractivity contribution is 5.81. The lowest BCUT2D eigenvalue weighted by Gasteiger charge is -2.40. The number of aliphatic carboxylic acids is 1. The molecule has 0 spiro atoms. The fourth-order valence-corrected chi connectivity index (χ4v) is 4.86. The number of amides is 1. The molecular formula is C23H28N2O4. The minimum Gasteiger partial charge on any atom is -0.481 e. The van der Waals surface area contributed by atoms with E-state index in [1.165, 1.54) is 0 Å². The third kappa shape index (κ3) is 3.93. The molecule has 2 heterocycles. The lowest BCUT2D eigenvalue weighted by Crippen LogP contribution is -2.52. The van der Waals surface area contributed by atoms with Crippen LogP contribution in [0.5, 0.6) is 0 Å². The second-order valence-electron chi connectivity index (χ2n) is 8.60. The van der Waals surface area contributed by atoms with Crippen molar-refractivity contribution in [3.63, 3.8) is 0 Å². The number of carbonyl (C=O) groups excluding carboxylic acids is 1. The molecule has 1 aromatic heterocycles. The van der Waals surface area contributed by atoms with Crippen molar-refractivity contribution < 1.29 is 19.2 Å². The first-order chi connectivity index (χ1) is 14.0. The van der Waals surface area contributed by atoms with E-state index in [1.54, 1.807) is 4.90 Å². The van der Waals surface area contributed by atoms with Gasteiger partial charge in [0.1, 0.15) is 11.5 Å². The van der Waals surface area contributed by atoms with E-state index in [0.29, 0.717) is 30.8 Å². The van der Waals surface area contributed by atoms with Gasteiger partial charge in [-0.1, -0.05) is 42.3 Å². The molecule has 1 N–H and O–H groups in total. The van der Waals surface area contributed by atoms with E-state index in [2.05, 4.69) is 5.16 Å². The van der Waals surface area contributed by atoms with Crippen molar-refractivity contribution in [3.05, 3.63) is 41.7 Å². The van der Waals surface area contributed by atoms with E-state index < -0.39 is 11.4 Å². The van der Waals surface area contributed by atoms with Crippen molar-refractivity contribution in [2.45, 2.75) is 51.9 Å². The minimum absolute atomic E-state index is 0.0672. The molecule has 1 aliphatic carbocycles. The lowest BCUT2D eigenvalue weighted by molar-refractivity contribution is -0.156. The van der Waals surface area contributed by atoms with Crippen LogP contribution in [0.15, 0.2) is 34.9 Å². The van der Waals surface area contributed by atoms with Gasteiger partial charge in [-0.25, -0.2) is 0 Å². The Kier molecular flexibility index (Phi) is 5.43. The third-order valence-electron chi connectivity index (χ3n) is 6.54. The summed E-state index contributed by atoms with van der Waals surface area (Å²) in [6.45, 7) is 2.91. The summed E-state index contributed by atoms with van der Waals surface area (Å²) in [6.07, 6.45) is 5.52. The zero-order valence-corrected chi connectivity index (χ0v) is 16.9. The van der Waals surface area contributed by atoms with Gasteiger partial charge in [0.15, 0.2) is 0 Å². The number of carbonyl (C=O) groups is 2. The first-order valence-electron chi connectivity index (χ1n) is 10.5. The molecule has 1 saturated carbocycles. The number of aromatic nitrogens is 1. The number of carboxylic acid groups (broad SMARTS) is 1. The van der Waals surface area contributed by atoms with Gasteiger partial charge in [0, 0.05) is 37.1 Å². The Morgan fingerprint density at radius 2 is 2.00 bits per heavy atom. The van der Waals surface area contributed by atoms with Crippen LogP contribution >= 0.6 is 0 Å². The lowest BCUT2D eigenvalue weighted by atomic mass is 9.76. The molecule has 4 rings (SSSR count). The van der Waals surface area contributed by atoms with E-state index in [0.717, 1.165) is 36.8 Å². The van der Waals surface area contributed by atoms with Gasteiger partial charge in [0.25, 0.3) is 0 Å². The molecule has 29 heavy (non-hydrogen) atoms. The molecule has 2 aliphatic rings. The predicted molar refractivity (Wildman–Crippen MR) is 108 cm³/mol. The maximum Gasteiger partial charge on any atom is 0.311 e. The summed E-state index contributed by atoms with van der Waals surface area (Å²) in [7, 11) is 0. The maximum atomic E-state index is 12.9. The Balaban J connectivity index is 1.54. The predicted octanol–water partition coefficient (Wildman–Crippen LogP) is 4.08. The SMILES string of the molecule is Cc1ccccc1-c1cc(C[C@@]2(C(=O)O)CCCN(C(=O)C3CCCC3)C2)on1. The van der Waals surface area contributed by atoms with Gasteiger partial charge in [-0.3, -0.25) is 9.59 Å². The van der Waals surface area contributed by atoms with Crippen LogP contribution in [0.1, 0.15) is 49.8 Å². The highest BCUT2D eigenvalue weighted by Crippen LogP contribution is 2.37. The maximum absolute atomic E-state index is 12.9. The highest BCUT2D eigenvalue weighted by Gasteiger charge is 2.45. The second kappa shape index (κ2) is 8.01. The van der Waals surface area contributed by atoms with Crippen molar-refractivity contribution in [1.82, 2.24) is 10.1 Å². The number of benzene rings is 1. The first kappa shape index (κ1) is 19.7. The fraction of sp³-hybridized carbons (Fsp3) is 0.522. The van der Waals surface area contributed by atoms with Crippen LogP contribution in [-0.2, 0) is 16.0 Å². The first-order valence-corrected chi connectivity index (χ1v) is 10.5. The van der Waals surface area contributed by atoms with E-state index in [-0.39, 0.29) is 24.8 Å². The molecule has 1 saturated heterocycles. The zero-order chi connectivity index (χ0) is 20.4. The standard InChI is InChI=1S/C23H28N2O4/c1-16-7-2-5-10-19(16)20-13-18(29-24-20)14-23(22(27)28)11-6-12-25(15-23)21(26)17-8-3-4-9-17/h2,5,7,10,13,17H,3-4,6,8-9,11-12,14-15H2,1H3,(H,27,28)/t23-/m0/s1. The van der Waals surface area contributed by atoms with Crippen LogP contribution in [0.25, 0.3) is 11.3 Å². The van der Waals surface area contributed by atoms with Gasteiger partial charge in [-0.2, -0.15) is 0 Å². The molecule has 1 atom stereocenters. The molecule has 6 heteroatoms. The summed E-state index contributed by atoms with van der Waals surface area (Å²) >= 11 is 0. The topological polar surface area (TPSA) is 83.6 Å². The average Bonchev–Trinajstić information content (AvgIpc) is 3.40. The molecule has 0 unspecified atom stereocenters. The number of hydrogen-bond acceptors (Lipinski definition) is 4. The Morgan fingerprint density at radius 1 is 1.24 bits per heavy atom. The minimum atomic E-state index is -1.02. The number of likely N-dealkylation sites (tertiary alicyclic amines) is 1. The molecule has 0 radical (unpaired) electrons. The van der Waals surface area contributed by atoms with Crippen molar-refractivity contribution in [2.24, 2.45) is 11.3 Å². The molecule has 2 aromatic rings. The van der Waals surface area contributed by atoms with Crippen LogP contribution in [0.2, 0.25) is 0 Å². The summed E-state index contributed by atoms with van der Waals surface area (Å²) in [6, 6.07) is 9.74. The van der Waals surface area contributed by atoms with Gasteiger partial charge >= 0.3 is 5.97 Å². The van der Waals surface area contributed by atoms with Gasteiger partial charge in [-0.05, 0) is 38.2 Å². The number of nitrogens with zero attached hydrogens (tertiary/aromatic N) is 2. The van der Waals surface area contributed by atoms with E-state index >= 15 is 0 Å². The Labute approximate surface area is 170 Å². The van der Waals surface area contributed by atoms with Crippen LogP contribution in [0.3, 0.4) is 0 Å². The van der Waals surface area contributed by atoms with Crippen LogP contribution in [0.4, 0.5) is 0 Å². The number of rotatable bonds is 5. The van der Waals surface area contributed by atoms with Crippen LogP contribution < -0.4 is 0 Å². The number of hydrogen-bond donors (Lipinski definition) is 1. The van der Waals surface area contributed by atoms with Crippen molar-refractivity contribution >= 4 is 11.9 Å². The molecular weight excluding hydrogens is 368 g/mol. The molecule has 1 amide bonds. The molecule has 1 aromatic carbocycles. The molecule has 154 valence electrons. The smallest absolute Gasteiger partial charge is 0.311 e. The molecule has 2 fully saturated rings. The quantitative estimate of drug-likeness (QED) is 0.823. The number of piperidine rings is 1. The fourth-order valence-electron chi connectivity index (χ4n) is 4.86. The highest BCUT2D eigenvalue weighted by atomic mass is 16.5. The van der Waals surface area contributed by atoms with Crippen molar-refractivity contribution in [1.29, 1.82) is 0 Å². The van der Waals surface area contributed by atoms with Gasteiger partial charge in [-0.15, -0.1) is 0 Å². The largest absolute Gasteiger partial charge is 0.481 e. The molecule has 6 nitrogen and oxygen atoms in total. The van der Waals surface area contributed by atoms with Crippen LogP contribution in [0, 0.1) is 18.3 Å². The normalized spacial score (nSPS) is 22.7. The van der Waals surface area contributed by atoms with Crippen molar-refractivity contribution in [3.8, 4) is 11.3 Å². The third-order valence-corrected chi connectivity index (χ3v) is 6.54. The van der Waals surface area contributed by atoms with Crippen molar-refractivity contribution in [2.75, 3.05) is 13.1 Å². The summed E-state index contributed by atoms with van der Waals surface area (Å²) in [5, 5.41) is 14.3. The Bertz CT molecular complexity index is 900. The number of aryl methyl sites for hydroxylation is 1. The van der Waals surface area contributed by atoms with Gasteiger partial charge in [0.2, 0.25) is 5.91 Å². The van der Waals surface area contributed by atoms with E-state index in [9.17, 15) is 14.7 Å². The monoisotopic (exact) mass is 396 g/mol. The summed E-state index contributed by atoms with van der Waals surface area (Å²) in [4.78, 5) is 27.0. The molecule has 0 bridgehead atoms. The Morgan fingerprint density at radius 3 is 2.72 bits per heavy atom. The molecule has 1 aliphatic heterocycles. The summed E-state index contributed by atoms with van der Waals surface area (Å²) in [5.74, 6) is -0.111. The summed E-state index contributed by atoms with van der Waals surface area (Å²) < 4.78 is 5.53.